The molecule has 0 amide bonds. The van der Waals surface area contributed by atoms with E-state index in [1.54, 1.807) is 0 Å². The summed E-state index contributed by atoms with van der Waals surface area (Å²) in [7, 11) is 0. The molecule has 15 heavy (non-hydrogen) atoms. The third kappa shape index (κ3) is 1.74. The van der Waals surface area contributed by atoms with Crippen LogP contribution in [0.2, 0.25) is 5.15 Å². The van der Waals surface area contributed by atoms with Gasteiger partial charge in [0, 0.05) is 13.0 Å². The summed E-state index contributed by atoms with van der Waals surface area (Å²) < 4.78 is 1.96. The van der Waals surface area contributed by atoms with Crippen molar-refractivity contribution >= 4 is 17.6 Å². The lowest BCUT2D eigenvalue weighted by molar-refractivity contribution is -0.142. The number of hydrogen-bond donors (Lipinski definition) is 1. The van der Waals surface area contributed by atoms with E-state index in [2.05, 4.69) is 4.98 Å². The predicted molar refractivity (Wildman–Crippen MR) is 56.1 cm³/mol. The molecule has 0 saturated heterocycles. The van der Waals surface area contributed by atoms with Gasteiger partial charge in [-0.15, -0.1) is 0 Å². The Hall–Kier alpha value is -1.03. The van der Waals surface area contributed by atoms with Crippen molar-refractivity contribution in [2.24, 2.45) is 5.92 Å². The zero-order valence-electron chi connectivity index (χ0n) is 8.53. The van der Waals surface area contributed by atoms with Gasteiger partial charge in [0.15, 0.2) is 5.15 Å². The number of fused-ring (bicyclic) bond motifs is 1. The molecule has 1 aromatic heterocycles. The van der Waals surface area contributed by atoms with Crippen LogP contribution in [0.4, 0.5) is 0 Å². The quantitative estimate of drug-likeness (QED) is 0.839. The average Bonchev–Trinajstić information content (AvgIpc) is 2.55. The van der Waals surface area contributed by atoms with Crippen LogP contribution in [0.3, 0.4) is 0 Å². The SMILES string of the molecule is CCc1nc(Cl)c2n1CC(C(=O)O)CC2. The van der Waals surface area contributed by atoms with Gasteiger partial charge in [-0.1, -0.05) is 18.5 Å². The maximum atomic E-state index is 10.9. The Bertz CT molecular complexity index is 400. The van der Waals surface area contributed by atoms with Gasteiger partial charge in [-0.05, 0) is 12.8 Å². The maximum absolute atomic E-state index is 10.9. The number of carboxylic acids is 1. The van der Waals surface area contributed by atoms with Crippen LogP contribution in [0.25, 0.3) is 0 Å². The molecule has 1 aliphatic heterocycles. The van der Waals surface area contributed by atoms with Crippen LogP contribution in [0.5, 0.6) is 0 Å². The van der Waals surface area contributed by atoms with Gasteiger partial charge in [0.2, 0.25) is 0 Å². The van der Waals surface area contributed by atoms with Crippen LogP contribution in [-0.4, -0.2) is 20.6 Å². The molecule has 2 rings (SSSR count). The first-order valence-corrected chi connectivity index (χ1v) is 5.47. The first kappa shape index (κ1) is 10.5. The van der Waals surface area contributed by atoms with Gasteiger partial charge in [-0.2, -0.15) is 0 Å². The van der Waals surface area contributed by atoms with Gasteiger partial charge >= 0.3 is 5.97 Å². The Balaban J connectivity index is 2.35. The summed E-state index contributed by atoms with van der Waals surface area (Å²) in [6.07, 6.45) is 2.15. The van der Waals surface area contributed by atoms with E-state index in [1.807, 2.05) is 11.5 Å². The molecule has 1 atom stereocenters. The Morgan fingerprint density at radius 3 is 3.07 bits per heavy atom. The molecule has 2 heterocycles. The highest BCUT2D eigenvalue weighted by molar-refractivity contribution is 6.30. The molecule has 1 N–H and O–H groups in total. The van der Waals surface area contributed by atoms with Crippen LogP contribution in [0, 0.1) is 5.92 Å². The largest absolute Gasteiger partial charge is 0.481 e. The molecule has 0 aliphatic carbocycles. The van der Waals surface area contributed by atoms with Gasteiger partial charge in [-0.3, -0.25) is 4.79 Å². The number of nitrogens with zero attached hydrogens (tertiary/aromatic N) is 2. The summed E-state index contributed by atoms with van der Waals surface area (Å²) in [5.74, 6) is -0.137. The lowest BCUT2D eigenvalue weighted by Gasteiger charge is -2.22. The van der Waals surface area contributed by atoms with Gasteiger partial charge < -0.3 is 9.67 Å². The third-order valence-corrected chi connectivity index (χ3v) is 3.20. The summed E-state index contributed by atoms with van der Waals surface area (Å²) in [5.41, 5.74) is 0.992. The van der Waals surface area contributed by atoms with Crippen LogP contribution in [0.15, 0.2) is 0 Å². The summed E-state index contributed by atoms with van der Waals surface area (Å²) in [6, 6.07) is 0. The van der Waals surface area contributed by atoms with Gasteiger partial charge in [0.05, 0.1) is 11.6 Å². The van der Waals surface area contributed by atoms with Gasteiger partial charge in [0.1, 0.15) is 5.82 Å². The number of hydrogen-bond acceptors (Lipinski definition) is 2. The summed E-state index contributed by atoms with van der Waals surface area (Å²) in [4.78, 5) is 15.1. The second-order valence-corrected chi connectivity index (χ2v) is 4.16. The van der Waals surface area contributed by atoms with Crippen molar-refractivity contribution in [2.45, 2.75) is 32.7 Å². The van der Waals surface area contributed by atoms with Crippen LogP contribution in [0.1, 0.15) is 24.9 Å². The fraction of sp³-hybridized carbons (Fsp3) is 0.600. The van der Waals surface area contributed by atoms with Crippen LogP contribution >= 0.6 is 11.6 Å². The molecule has 1 unspecified atom stereocenters. The van der Waals surface area contributed by atoms with Crippen LogP contribution in [-0.2, 0) is 24.2 Å². The van der Waals surface area contributed by atoms with E-state index in [9.17, 15) is 4.79 Å². The summed E-state index contributed by atoms with van der Waals surface area (Å²) >= 11 is 5.99. The normalized spacial score (nSPS) is 20.0. The number of aromatic nitrogens is 2. The van der Waals surface area contributed by atoms with Crippen molar-refractivity contribution in [1.82, 2.24) is 9.55 Å². The van der Waals surface area contributed by atoms with E-state index >= 15 is 0 Å². The molecular formula is C10H13ClN2O2. The van der Waals surface area contributed by atoms with E-state index in [4.69, 9.17) is 16.7 Å². The van der Waals surface area contributed by atoms with Gasteiger partial charge in [-0.25, -0.2) is 4.98 Å². The number of aryl methyl sites for hydroxylation is 1. The second kappa shape index (κ2) is 3.85. The highest BCUT2D eigenvalue weighted by Crippen LogP contribution is 2.27. The van der Waals surface area contributed by atoms with Crippen molar-refractivity contribution in [3.8, 4) is 0 Å². The molecule has 0 aromatic carbocycles. The minimum atomic E-state index is -0.729. The van der Waals surface area contributed by atoms with E-state index in [-0.39, 0.29) is 5.92 Å². The number of rotatable bonds is 2. The molecule has 82 valence electrons. The zero-order valence-corrected chi connectivity index (χ0v) is 9.29. The molecule has 0 radical (unpaired) electrons. The smallest absolute Gasteiger partial charge is 0.308 e. The third-order valence-electron chi connectivity index (χ3n) is 2.90. The highest BCUT2D eigenvalue weighted by Gasteiger charge is 2.27. The number of carboxylic acid groups (broad SMARTS) is 1. The minimum absolute atomic E-state index is 0.298. The topological polar surface area (TPSA) is 55.1 Å². The number of halogens is 1. The fourth-order valence-corrected chi connectivity index (χ4v) is 2.35. The van der Waals surface area contributed by atoms with E-state index in [0.29, 0.717) is 24.5 Å². The molecule has 0 spiro atoms. The Morgan fingerprint density at radius 1 is 1.73 bits per heavy atom. The maximum Gasteiger partial charge on any atom is 0.308 e. The highest BCUT2D eigenvalue weighted by atomic mass is 35.5. The monoisotopic (exact) mass is 228 g/mol. The van der Waals surface area contributed by atoms with Crippen molar-refractivity contribution in [2.75, 3.05) is 0 Å². The first-order valence-electron chi connectivity index (χ1n) is 5.10. The minimum Gasteiger partial charge on any atom is -0.481 e. The van der Waals surface area contributed by atoms with Crippen LogP contribution < -0.4 is 0 Å². The Labute approximate surface area is 92.9 Å². The van der Waals surface area contributed by atoms with Gasteiger partial charge in [0.25, 0.3) is 0 Å². The molecule has 0 saturated carbocycles. The van der Waals surface area contributed by atoms with Crippen molar-refractivity contribution in [1.29, 1.82) is 0 Å². The molecule has 1 aromatic rings. The van der Waals surface area contributed by atoms with E-state index in [1.165, 1.54) is 0 Å². The lowest BCUT2D eigenvalue weighted by atomic mass is 9.98. The number of imidazole rings is 1. The van der Waals surface area contributed by atoms with Crippen molar-refractivity contribution in [3.05, 3.63) is 16.7 Å². The molecule has 4 nitrogen and oxygen atoms in total. The van der Waals surface area contributed by atoms with E-state index in [0.717, 1.165) is 17.9 Å². The first-order chi connectivity index (χ1) is 7.13. The average molecular weight is 229 g/mol. The predicted octanol–water partition coefficient (Wildman–Crippen LogP) is 1.75. The zero-order chi connectivity index (χ0) is 11.0. The molecule has 0 bridgehead atoms. The summed E-state index contributed by atoms with van der Waals surface area (Å²) in [5, 5.41) is 9.51. The molecule has 0 fully saturated rings. The molecule has 5 heteroatoms. The molecule has 1 aliphatic rings. The number of aliphatic carboxylic acids is 1. The Kier molecular flexibility index (Phi) is 2.69. The second-order valence-electron chi connectivity index (χ2n) is 3.80. The fourth-order valence-electron chi connectivity index (χ4n) is 2.05. The van der Waals surface area contributed by atoms with Crippen molar-refractivity contribution < 1.29 is 9.90 Å². The number of carbonyl (C=O) groups is 1. The van der Waals surface area contributed by atoms with Crippen molar-refractivity contribution in [3.63, 3.8) is 0 Å². The summed E-state index contributed by atoms with van der Waals surface area (Å²) in [6.45, 7) is 2.50. The Morgan fingerprint density at radius 2 is 2.47 bits per heavy atom. The standard InChI is InChI=1S/C10H13ClN2O2/c1-2-8-12-9(11)7-4-3-6(10(14)15)5-13(7)8/h6H,2-5H2,1H3,(H,14,15). The van der Waals surface area contributed by atoms with E-state index < -0.39 is 5.97 Å². The molecular weight excluding hydrogens is 216 g/mol. The lowest BCUT2D eigenvalue weighted by Crippen LogP contribution is -2.27.